The highest BCUT2D eigenvalue weighted by atomic mass is 35.5. The van der Waals surface area contributed by atoms with Crippen molar-refractivity contribution in [1.82, 2.24) is 4.90 Å². The van der Waals surface area contributed by atoms with Crippen molar-refractivity contribution < 1.29 is 13.2 Å². The number of nitrogens with zero attached hydrogens (tertiary/aromatic N) is 2. The van der Waals surface area contributed by atoms with Gasteiger partial charge in [0.2, 0.25) is 5.91 Å². The van der Waals surface area contributed by atoms with Crippen molar-refractivity contribution in [1.29, 1.82) is 0 Å². The van der Waals surface area contributed by atoms with E-state index in [1.165, 1.54) is 0 Å². The molecule has 1 aromatic carbocycles. The Labute approximate surface area is 161 Å². The summed E-state index contributed by atoms with van der Waals surface area (Å²) in [4.78, 5) is 17.1. The van der Waals surface area contributed by atoms with Gasteiger partial charge in [0.05, 0.1) is 17.0 Å². The van der Waals surface area contributed by atoms with E-state index in [-0.39, 0.29) is 28.9 Å². The number of hydrogen-bond donors (Lipinski definition) is 0. The summed E-state index contributed by atoms with van der Waals surface area (Å²) in [5, 5.41) is 0.712. The Bertz CT molecular complexity index is 761. The van der Waals surface area contributed by atoms with Crippen molar-refractivity contribution >= 4 is 33.0 Å². The molecule has 5 nitrogen and oxygen atoms in total. The highest BCUT2D eigenvalue weighted by molar-refractivity contribution is 7.91. The van der Waals surface area contributed by atoms with Gasteiger partial charge in [0.25, 0.3) is 0 Å². The molecule has 144 valence electrons. The van der Waals surface area contributed by atoms with E-state index in [4.69, 9.17) is 11.6 Å². The maximum atomic E-state index is 12.9. The highest BCUT2D eigenvalue weighted by Gasteiger charge is 2.38. The minimum Gasteiger partial charge on any atom is -0.367 e. The predicted molar refractivity (Wildman–Crippen MR) is 105 cm³/mol. The maximum absolute atomic E-state index is 12.9. The topological polar surface area (TPSA) is 57.7 Å². The van der Waals surface area contributed by atoms with Crippen molar-refractivity contribution in [3.8, 4) is 0 Å². The van der Waals surface area contributed by atoms with E-state index in [2.05, 4.69) is 18.7 Å². The zero-order valence-electron chi connectivity index (χ0n) is 15.4. The summed E-state index contributed by atoms with van der Waals surface area (Å²) in [5.41, 5.74) is 0.802. The first-order valence-electron chi connectivity index (χ1n) is 9.18. The first-order chi connectivity index (χ1) is 12.2. The van der Waals surface area contributed by atoms with Gasteiger partial charge in [-0.05, 0) is 56.9 Å². The highest BCUT2D eigenvalue weighted by Crippen LogP contribution is 2.29. The quantitative estimate of drug-likeness (QED) is 0.785. The minimum atomic E-state index is -2.98. The molecule has 0 radical (unpaired) electrons. The molecule has 26 heavy (non-hydrogen) atoms. The third kappa shape index (κ3) is 4.52. The molecular weight excluding hydrogens is 372 g/mol. The van der Waals surface area contributed by atoms with Crippen molar-refractivity contribution in [3.05, 3.63) is 29.3 Å². The van der Waals surface area contributed by atoms with Gasteiger partial charge in [0.15, 0.2) is 9.84 Å². The van der Waals surface area contributed by atoms with Crippen molar-refractivity contribution in [2.24, 2.45) is 5.92 Å². The molecule has 3 rings (SSSR count). The molecule has 2 aliphatic rings. The lowest BCUT2D eigenvalue weighted by Gasteiger charge is -2.48. The molecule has 0 aliphatic carbocycles. The second kappa shape index (κ2) is 7.39. The molecule has 2 saturated heterocycles. The number of benzene rings is 1. The summed E-state index contributed by atoms with van der Waals surface area (Å²) in [5.74, 6) is 0.464. The Morgan fingerprint density at radius 1 is 1.23 bits per heavy atom. The molecule has 0 saturated carbocycles. The number of carbonyl (C=O) groups excluding carboxylic acids is 1. The Morgan fingerprint density at radius 3 is 2.54 bits per heavy atom. The van der Waals surface area contributed by atoms with Crippen LogP contribution in [-0.4, -0.2) is 55.9 Å². The van der Waals surface area contributed by atoms with Crippen LogP contribution in [0, 0.1) is 5.92 Å². The number of rotatable bonds is 3. The molecule has 0 N–H and O–H groups in total. The Morgan fingerprint density at radius 2 is 1.92 bits per heavy atom. The number of amides is 1. The number of hydrogen-bond acceptors (Lipinski definition) is 4. The smallest absolute Gasteiger partial charge is 0.223 e. The predicted octanol–water partition coefficient (Wildman–Crippen LogP) is 2.98. The molecule has 0 aromatic heterocycles. The summed E-state index contributed by atoms with van der Waals surface area (Å²) in [6.45, 7) is 6.30. The fourth-order valence-electron chi connectivity index (χ4n) is 4.13. The van der Waals surface area contributed by atoms with Gasteiger partial charge in [-0.3, -0.25) is 4.79 Å². The van der Waals surface area contributed by atoms with Gasteiger partial charge in [-0.15, -0.1) is 0 Å². The van der Waals surface area contributed by atoms with Gasteiger partial charge in [0, 0.05) is 36.8 Å². The van der Waals surface area contributed by atoms with E-state index < -0.39 is 9.84 Å². The van der Waals surface area contributed by atoms with E-state index in [0.29, 0.717) is 24.4 Å². The largest absolute Gasteiger partial charge is 0.367 e. The SMILES string of the molecule is CC1(C)CN(c2ccc(Cl)cc2)CCN1C(=O)C[C@H]1CCCS(=O)(=O)C1. The van der Waals surface area contributed by atoms with Crippen molar-refractivity contribution in [2.45, 2.75) is 38.6 Å². The van der Waals surface area contributed by atoms with E-state index in [0.717, 1.165) is 25.2 Å². The molecule has 0 bridgehead atoms. The van der Waals surface area contributed by atoms with Crippen LogP contribution in [0.5, 0.6) is 0 Å². The van der Waals surface area contributed by atoms with E-state index in [1.54, 1.807) is 0 Å². The second-order valence-corrected chi connectivity index (χ2v) is 10.7. The molecule has 2 heterocycles. The third-order valence-electron chi connectivity index (χ3n) is 5.42. The molecule has 1 aromatic rings. The minimum absolute atomic E-state index is 0.0358. The van der Waals surface area contributed by atoms with Crippen LogP contribution >= 0.6 is 11.6 Å². The average Bonchev–Trinajstić information content (AvgIpc) is 2.53. The summed E-state index contributed by atoms with van der Waals surface area (Å²) < 4.78 is 23.7. The number of carbonyl (C=O) groups is 1. The van der Waals surface area contributed by atoms with Crippen molar-refractivity contribution in [2.75, 3.05) is 36.0 Å². The fraction of sp³-hybridized carbons (Fsp3) is 0.632. The normalized spacial score (nSPS) is 25.1. The van der Waals surface area contributed by atoms with Crippen LogP contribution in [0.2, 0.25) is 5.02 Å². The zero-order chi connectivity index (χ0) is 18.9. The second-order valence-electron chi connectivity index (χ2n) is 8.08. The number of sulfone groups is 1. The van der Waals surface area contributed by atoms with Gasteiger partial charge in [-0.2, -0.15) is 0 Å². The van der Waals surface area contributed by atoms with Gasteiger partial charge in [-0.1, -0.05) is 11.6 Å². The molecule has 2 fully saturated rings. The summed E-state index contributed by atoms with van der Waals surface area (Å²) >= 11 is 5.97. The number of piperazine rings is 1. The van der Waals surface area contributed by atoms with Gasteiger partial charge in [0.1, 0.15) is 0 Å². The van der Waals surface area contributed by atoms with Gasteiger partial charge >= 0.3 is 0 Å². The number of anilines is 1. The van der Waals surface area contributed by atoms with Gasteiger partial charge in [-0.25, -0.2) is 8.42 Å². The molecule has 2 aliphatic heterocycles. The van der Waals surface area contributed by atoms with E-state index in [1.807, 2.05) is 29.2 Å². The average molecular weight is 399 g/mol. The Hall–Kier alpha value is -1.27. The first kappa shape index (κ1) is 19.5. The molecule has 7 heteroatoms. The monoisotopic (exact) mass is 398 g/mol. The Kier molecular flexibility index (Phi) is 5.54. The van der Waals surface area contributed by atoms with Crippen molar-refractivity contribution in [3.63, 3.8) is 0 Å². The molecule has 0 spiro atoms. The summed E-state index contributed by atoms with van der Waals surface area (Å²) in [7, 11) is -2.98. The molecule has 1 amide bonds. The standard InChI is InChI=1S/C19H27ClN2O3S/c1-19(2)14-21(17-7-5-16(20)6-8-17)9-10-22(19)18(23)12-15-4-3-11-26(24,25)13-15/h5-8,15H,3-4,9-14H2,1-2H3/t15-/m1/s1. The third-order valence-corrected chi connectivity index (χ3v) is 7.56. The van der Waals surface area contributed by atoms with Crippen LogP contribution in [0.1, 0.15) is 33.1 Å². The summed E-state index contributed by atoms with van der Waals surface area (Å²) in [6.07, 6.45) is 1.84. The maximum Gasteiger partial charge on any atom is 0.223 e. The van der Waals surface area contributed by atoms with E-state index >= 15 is 0 Å². The lowest BCUT2D eigenvalue weighted by atomic mass is 9.95. The number of halogens is 1. The summed E-state index contributed by atoms with van der Waals surface area (Å²) in [6, 6.07) is 7.77. The zero-order valence-corrected chi connectivity index (χ0v) is 17.0. The van der Waals surface area contributed by atoms with E-state index in [9.17, 15) is 13.2 Å². The molecule has 0 unspecified atom stereocenters. The van der Waals surface area contributed by atoms with Crippen LogP contribution in [0.25, 0.3) is 0 Å². The van der Waals surface area contributed by atoms with Crippen LogP contribution in [-0.2, 0) is 14.6 Å². The first-order valence-corrected chi connectivity index (χ1v) is 11.4. The van der Waals surface area contributed by atoms with Gasteiger partial charge < -0.3 is 9.80 Å². The van der Waals surface area contributed by atoms with Crippen LogP contribution < -0.4 is 4.90 Å². The van der Waals surface area contributed by atoms with Crippen LogP contribution in [0.4, 0.5) is 5.69 Å². The lowest BCUT2D eigenvalue weighted by Crippen LogP contribution is -2.61. The van der Waals surface area contributed by atoms with Crippen LogP contribution in [0.15, 0.2) is 24.3 Å². The lowest BCUT2D eigenvalue weighted by molar-refractivity contribution is -0.138. The van der Waals surface area contributed by atoms with Crippen LogP contribution in [0.3, 0.4) is 0 Å². The molecular formula is C19H27ClN2O3S. The Balaban J connectivity index is 1.64. The molecule has 1 atom stereocenters. The fourth-order valence-corrected chi connectivity index (χ4v) is 6.03.